The zero-order valence-corrected chi connectivity index (χ0v) is 27.3. The monoisotopic (exact) mass is 627 g/mol. The quantitative estimate of drug-likeness (QED) is 0.216. The Bertz CT molecular complexity index is 1670. The van der Waals surface area contributed by atoms with Crippen LogP contribution >= 0.6 is 0 Å². The second-order valence-electron chi connectivity index (χ2n) is 12.0. The summed E-state index contributed by atoms with van der Waals surface area (Å²) in [5.74, 6) is -0.298. The van der Waals surface area contributed by atoms with Gasteiger partial charge in [-0.2, -0.15) is 0 Å². The van der Waals surface area contributed by atoms with E-state index in [9.17, 15) is 18.0 Å². The average molecular weight is 628 g/mol. The number of anilines is 1. The van der Waals surface area contributed by atoms with Gasteiger partial charge >= 0.3 is 0 Å². The van der Waals surface area contributed by atoms with E-state index in [-0.39, 0.29) is 23.8 Å². The lowest BCUT2D eigenvalue weighted by Gasteiger charge is -2.35. The van der Waals surface area contributed by atoms with Crippen molar-refractivity contribution in [2.24, 2.45) is 0 Å². The fraction of sp³-hybridized carbons (Fsp3) is 0.278. The third-order valence-corrected chi connectivity index (χ3v) is 9.00. The third kappa shape index (κ3) is 8.95. The standard InChI is InChI=1S/C36H41N3O5S/c1-27-16-22-32(23-17-27)45(42,43)39(30-18-20-31(44-5)21-19-30)26-34(40)38(25-29-14-10-7-11-15-29)33(35(41)37-36(2,3)4)24-28-12-8-6-9-13-28/h6-23,33H,24-26H2,1-5H3,(H,37,41)/t33-/m1/s1. The Balaban J connectivity index is 1.80. The molecule has 0 aliphatic heterocycles. The number of methoxy groups -OCH3 is 1. The second-order valence-corrected chi connectivity index (χ2v) is 13.8. The Morgan fingerprint density at radius 2 is 1.36 bits per heavy atom. The number of amides is 2. The van der Waals surface area contributed by atoms with Crippen LogP contribution in [-0.2, 0) is 32.6 Å². The molecular weight excluding hydrogens is 586 g/mol. The number of nitrogens with zero attached hydrogens (tertiary/aromatic N) is 2. The predicted molar refractivity (Wildman–Crippen MR) is 178 cm³/mol. The fourth-order valence-corrected chi connectivity index (χ4v) is 6.32. The van der Waals surface area contributed by atoms with Crippen molar-refractivity contribution >= 4 is 27.5 Å². The maximum Gasteiger partial charge on any atom is 0.264 e. The molecule has 0 aliphatic rings. The van der Waals surface area contributed by atoms with E-state index in [0.29, 0.717) is 11.4 Å². The summed E-state index contributed by atoms with van der Waals surface area (Å²) in [7, 11) is -2.66. The Morgan fingerprint density at radius 3 is 1.89 bits per heavy atom. The van der Waals surface area contributed by atoms with Gasteiger partial charge in [-0.05, 0) is 75.2 Å². The second kappa shape index (κ2) is 14.4. The summed E-state index contributed by atoms with van der Waals surface area (Å²) >= 11 is 0. The van der Waals surface area contributed by atoms with E-state index < -0.39 is 34.1 Å². The summed E-state index contributed by atoms with van der Waals surface area (Å²) in [6, 6.07) is 30.9. The molecule has 4 aromatic carbocycles. The van der Waals surface area contributed by atoms with Crippen LogP contribution in [0.25, 0.3) is 0 Å². The molecule has 0 heterocycles. The normalized spacial score (nSPS) is 12.2. The first-order valence-corrected chi connectivity index (χ1v) is 16.2. The van der Waals surface area contributed by atoms with Crippen molar-refractivity contribution in [3.63, 3.8) is 0 Å². The highest BCUT2D eigenvalue weighted by Gasteiger charge is 2.35. The number of sulfonamides is 1. The minimum atomic E-state index is -4.18. The molecule has 0 unspecified atom stereocenters. The molecular formula is C36H41N3O5S. The van der Waals surface area contributed by atoms with Crippen molar-refractivity contribution in [1.29, 1.82) is 0 Å². The van der Waals surface area contributed by atoms with Crippen LogP contribution < -0.4 is 14.4 Å². The number of ether oxygens (including phenoxy) is 1. The van der Waals surface area contributed by atoms with Gasteiger partial charge in [0.25, 0.3) is 10.0 Å². The molecule has 0 saturated heterocycles. The molecule has 4 rings (SSSR count). The van der Waals surface area contributed by atoms with Crippen LogP contribution in [0.4, 0.5) is 5.69 Å². The third-order valence-electron chi connectivity index (χ3n) is 7.21. The number of hydrogen-bond acceptors (Lipinski definition) is 5. The smallest absolute Gasteiger partial charge is 0.264 e. The van der Waals surface area contributed by atoms with E-state index in [4.69, 9.17) is 4.74 Å². The van der Waals surface area contributed by atoms with Gasteiger partial charge in [-0.25, -0.2) is 8.42 Å². The molecule has 236 valence electrons. The van der Waals surface area contributed by atoms with Gasteiger partial charge < -0.3 is 15.0 Å². The largest absolute Gasteiger partial charge is 0.497 e. The fourth-order valence-electron chi connectivity index (χ4n) is 4.90. The van der Waals surface area contributed by atoms with Crippen LogP contribution in [0.2, 0.25) is 0 Å². The van der Waals surface area contributed by atoms with Crippen LogP contribution in [-0.4, -0.2) is 50.4 Å². The highest BCUT2D eigenvalue weighted by Crippen LogP contribution is 2.27. The molecule has 0 saturated carbocycles. The minimum Gasteiger partial charge on any atom is -0.497 e. The van der Waals surface area contributed by atoms with E-state index in [1.165, 1.54) is 24.1 Å². The predicted octanol–water partition coefficient (Wildman–Crippen LogP) is 5.75. The summed E-state index contributed by atoms with van der Waals surface area (Å²) in [4.78, 5) is 30.0. The number of carbonyl (C=O) groups excluding carboxylic acids is 2. The topological polar surface area (TPSA) is 96.0 Å². The Hall–Kier alpha value is -4.63. The van der Waals surface area contributed by atoms with Gasteiger partial charge in [0, 0.05) is 18.5 Å². The average Bonchev–Trinajstić information content (AvgIpc) is 3.02. The maximum atomic E-state index is 14.5. The lowest BCUT2D eigenvalue weighted by molar-refractivity contribution is -0.140. The first-order chi connectivity index (χ1) is 21.4. The highest BCUT2D eigenvalue weighted by atomic mass is 32.2. The van der Waals surface area contributed by atoms with Gasteiger partial charge in [-0.15, -0.1) is 0 Å². The zero-order chi connectivity index (χ0) is 32.6. The van der Waals surface area contributed by atoms with Gasteiger partial charge in [0.05, 0.1) is 17.7 Å². The Morgan fingerprint density at radius 1 is 0.800 bits per heavy atom. The van der Waals surface area contributed by atoms with Crippen LogP contribution in [0.1, 0.15) is 37.5 Å². The highest BCUT2D eigenvalue weighted by molar-refractivity contribution is 7.92. The van der Waals surface area contributed by atoms with Gasteiger partial charge in [0.2, 0.25) is 11.8 Å². The summed E-state index contributed by atoms with van der Waals surface area (Å²) in [6.07, 6.45) is 0.245. The zero-order valence-electron chi connectivity index (χ0n) is 26.4. The molecule has 4 aromatic rings. The van der Waals surface area contributed by atoms with E-state index in [2.05, 4.69) is 5.32 Å². The summed E-state index contributed by atoms with van der Waals surface area (Å²) in [5, 5.41) is 3.04. The minimum absolute atomic E-state index is 0.0534. The van der Waals surface area contributed by atoms with E-state index in [1.54, 1.807) is 36.4 Å². The van der Waals surface area contributed by atoms with Gasteiger partial charge in [0.15, 0.2) is 0 Å². The lowest BCUT2D eigenvalue weighted by Crippen LogP contribution is -2.56. The molecule has 9 heteroatoms. The lowest BCUT2D eigenvalue weighted by atomic mass is 10.0. The van der Waals surface area contributed by atoms with E-state index in [0.717, 1.165) is 21.0 Å². The van der Waals surface area contributed by atoms with Gasteiger partial charge in [-0.3, -0.25) is 13.9 Å². The maximum absolute atomic E-state index is 14.5. The number of rotatable bonds is 12. The van der Waals surface area contributed by atoms with Crippen molar-refractivity contribution in [1.82, 2.24) is 10.2 Å². The molecule has 0 aromatic heterocycles. The van der Waals surface area contributed by atoms with Crippen LogP contribution in [0, 0.1) is 6.92 Å². The molecule has 1 N–H and O–H groups in total. The van der Waals surface area contributed by atoms with Crippen LogP contribution in [0.5, 0.6) is 5.75 Å². The Kier molecular flexibility index (Phi) is 10.7. The van der Waals surface area contributed by atoms with Gasteiger partial charge in [0.1, 0.15) is 18.3 Å². The first kappa shape index (κ1) is 33.3. The Labute approximate surface area is 266 Å². The molecule has 1 atom stereocenters. The summed E-state index contributed by atoms with van der Waals surface area (Å²) < 4.78 is 34.7. The van der Waals surface area contributed by atoms with E-state index in [1.807, 2.05) is 88.4 Å². The molecule has 0 bridgehead atoms. The molecule has 8 nitrogen and oxygen atoms in total. The van der Waals surface area contributed by atoms with Crippen molar-refractivity contribution in [2.45, 2.75) is 57.1 Å². The number of carbonyl (C=O) groups is 2. The van der Waals surface area contributed by atoms with Crippen molar-refractivity contribution < 1.29 is 22.7 Å². The molecule has 0 spiro atoms. The van der Waals surface area contributed by atoms with Crippen molar-refractivity contribution in [3.8, 4) is 5.75 Å². The SMILES string of the molecule is COc1ccc(N(CC(=O)N(Cc2ccccc2)[C@H](Cc2ccccc2)C(=O)NC(C)(C)C)S(=O)(=O)c2ccc(C)cc2)cc1. The molecule has 45 heavy (non-hydrogen) atoms. The number of hydrogen-bond donors (Lipinski definition) is 1. The first-order valence-electron chi connectivity index (χ1n) is 14.8. The van der Waals surface area contributed by atoms with Crippen LogP contribution in [0.15, 0.2) is 114 Å². The van der Waals surface area contributed by atoms with Crippen molar-refractivity contribution in [3.05, 3.63) is 126 Å². The molecule has 0 radical (unpaired) electrons. The molecule has 0 aliphatic carbocycles. The number of nitrogens with one attached hydrogen (secondary N) is 1. The van der Waals surface area contributed by atoms with Crippen LogP contribution in [0.3, 0.4) is 0 Å². The summed E-state index contributed by atoms with van der Waals surface area (Å²) in [5.41, 5.74) is 2.32. The number of benzene rings is 4. The van der Waals surface area contributed by atoms with E-state index >= 15 is 0 Å². The van der Waals surface area contributed by atoms with Crippen molar-refractivity contribution in [2.75, 3.05) is 18.0 Å². The number of aryl methyl sites for hydroxylation is 1. The summed E-state index contributed by atoms with van der Waals surface area (Å²) in [6.45, 7) is 7.10. The van der Waals surface area contributed by atoms with Gasteiger partial charge in [-0.1, -0.05) is 78.4 Å². The molecule has 2 amide bonds. The molecule has 0 fully saturated rings.